The lowest BCUT2D eigenvalue weighted by Gasteiger charge is -2.22. The van der Waals surface area contributed by atoms with Crippen LogP contribution in [0.15, 0.2) is 0 Å². The fourth-order valence-corrected chi connectivity index (χ4v) is 4.74. The minimum atomic E-state index is -0.464. The lowest BCUT2D eigenvalue weighted by atomic mass is 10.4. The van der Waals surface area contributed by atoms with Crippen molar-refractivity contribution < 1.29 is 85.4 Å². The SMILES string of the molecule is CC(COCCOCCOC(=O)N1CCOCCOCCOCCOCCOCC1)OCCOCCOC(=O)N1CCOCCOCCOCCOCCOCC1. The van der Waals surface area contributed by atoms with E-state index in [-0.39, 0.29) is 32.5 Å². The summed E-state index contributed by atoms with van der Waals surface area (Å²) in [6.45, 7) is 14.5. The molecule has 2 aliphatic rings. The summed E-state index contributed by atoms with van der Waals surface area (Å²) in [4.78, 5) is 28.4. The molecule has 0 bridgehead atoms. The summed E-state index contributed by atoms with van der Waals surface area (Å²) in [5.74, 6) is 0. The molecule has 0 spiro atoms. The molecule has 336 valence electrons. The molecule has 2 aliphatic heterocycles. The largest absolute Gasteiger partial charge is 0.447 e. The molecule has 2 fully saturated rings. The van der Waals surface area contributed by atoms with E-state index in [2.05, 4.69) is 0 Å². The van der Waals surface area contributed by atoms with Crippen LogP contribution in [0.4, 0.5) is 9.59 Å². The second kappa shape index (κ2) is 39.4. The fraction of sp³-hybridized carbons (Fsp3) is 0.946. The number of rotatable bonds is 15. The number of ether oxygens (including phenoxy) is 16. The molecule has 0 aromatic heterocycles. The van der Waals surface area contributed by atoms with Crippen LogP contribution in [0.3, 0.4) is 0 Å². The van der Waals surface area contributed by atoms with Crippen LogP contribution in [0.5, 0.6) is 0 Å². The van der Waals surface area contributed by atoms with Crippen LogP contribution in [-0.2, 0) is 75.8 Å². The summed E-state index contributed by atoms with van der Waals surface area (Å²) in [6, 6.07) is 0. The molecule has 0 radical (unpaired) electrons. The first-order valence-corrected chi connectivity index (χ1v) is 20.1. The Morgan fingerprint density at radius 3 is 0.982 bits per heavy atom. The number of amides is 2. The summed E-state index contributed by atoms with van der Waals surface area (Å²) < 4.78 is 88.3. The Hall–Kier alpha value is -2.02. The van der Waals surface area contributed by atoms with E-state index in [1.54, 1.807) is 9.80 Å². The molecular weight excluding hydrogens is 760 g/mol. The Balaban J connectivity index is 1.46. The summed E-state index contributed by atoms with van der Waals surface area (Å²) in [5.41, 5.74) is 0. The predicted octanol–water partition coefficient (Wildman–Crippen LogP) is 0.512. The van der Waals surface area contributed by atoms with E-state index in [9.17, 15) is 9.59 Å². The van der Waals surface area contributed by atoms with Gasteiger partial charge in [0.15, 0.2) is 0 Å². The van der Waals surface area contributed by atoms with Crippen LogP contribution in [0.2, 0.25) is 0 Å². The smallest absolute Gasteiger partial charge is 0.409 e. The average molecular weight is 831 g/mol. The molecule has 1 unspecified atom stereocenters. The molecule has 20 nitrogen and oxygen atoms in total. The molecule has 2 heterocycles. The van der Waals surface area contributed by atoms with Crippen LogP contribution in [0.25, 0.3) is 0 Å². The summed E-state index contributed by atoms with van der Waals surface area (Å²) in [7, 11) is 0. The zero-order chi connectivity index (χ0) is 40.5. The van der Waals surface area contributed by atoms with Gasteiger partial charge >= 0.3 is 12.2 Å². The standard InChI is InChI=1S/C37H70N2O18/c1-35(55-31-28-53-30-33-57-37(41)39-4-8-44-12-16-48-20-24-51-25-21-49-17-13-45-9-5-39)34-54-27-26-52-29-32-56-36(40)38-2-6-42-10-14-46-18-22-50-23-19-47-15-11-43-7-3-38/h35H,2-34H2,1H3. The summed E-state index contributed by atoms with van der Waals surface area (Å²) in [5, 5.41) is 0. The topological polar surface area (TPSA) is 188 Å². The van der Waals surface area contributed by atoms with E-state index in [0.717, 1.165) is 0 Å². The minimum Gasteiger partial charge on any atom is -0.447 e. The average Bonchev–Trinajstić information content (AvgIpc) is 3.21. The van der Waals surface area contributed by atoms with Gasteiger partial charge < -0.3 is 85.6 Å². The van der Waals surface area contributed by atoms with Gasteiger partial charge in [0.05, 0.1) is 184 Å². The number of nitrogens with zero attached hydrogens (tertiary/aromatic N) is 2. The van der Waals surface area contributed by atoms with Crippen molar-refractivity contribution in [3.8, 4) is 0 Å². The minimum absolute atomic E-state index is 0.101. The Bertz CT molecular complexity index is 877. The molecule has 20 heteroatoms. The van der Waals surface area contributed by atoms with E-state index in [4.69, 9.17) is 75.8 Å². The van der Waals surface area contributed by atoms with Crippen molar-refractivity contribution in [2.24, 2.45) is 0 Å². The second-order valence-electron chi connectivity index (χ2n) is 12.3. The third kappa shape index (κ3) is 32.5. The van der Waals surface area contributed by atoms with Gasteiger partial charge in [0.1, 0.15) is 13.2 Å². The van der Waals surface area contributed by atoms with Crippen LogP contribution in [-0.4, -0.2) is 246 Å². The van der Waals surface area contributed by atoms with Gasteiger partial charge in [0.2, 0.25) is 0 Å². The quantitative estimate of drug-likeness (QED) is 0.208. The Labute approximate surface area is 338 Å². The highest BCUT2D eigenvalue weighted by molar-refractivity contribution is 5.67. The zero-order valence-corrected chi connectivity index (χ0v) is 34.2. The molecule has 0 N–H and O–H groups in total. The van der Waals surface area contributed by atoms with Crippen molar-refractivity contribution in [1.82, 2.24) is 9.80 Å². The van der Waals surface area contributed by atoms with E-state index in [1.807, 2.05) is 6.92 Å². The third-order valence-electron chi connectivity index (χ3n) is 7.78. The van der Waals surface area contributed by atoms with E-state index < -0.39 is 12.2 Å². The third-order valence-corrected chi connectivity index (χ3v) is 7.78. The first-order chi connectivity index (χ1) is 28.2. The van der Waals surface area contributed by atoms with Gasteiger partial charge in [-0.15, -0.1) is 0 Å². The number of carbonyl (C=O) groups is 2. The molecule has 0 aromatic carbocycles. The van der Waals surface area contributed by atoms with Gasteiger partial charge in [-0.3, -0.25) is 0 Å². The zero-order valence-electron chi connectivity index (χ0n) is 34.2. The maximum atomic E-state index is 12.7. The lowest BCUT2D eigenvalue weighted by molar-refractivity contribution is -0.0454. The second-order valence-corrected chi connectivity index (χ2v) is 12.3. The highest BCUT2D eigenvalue weighted by atomic mass is 16.6. The first-order valence-electron chi connectivity index (χ1n) is 20.1. The Morgan fingerprint density at radius 2 is 0.649 bits per heavy atom. The first kappa shape index (κ1) is 51.1. The highest BCUT2D eigenvalue weighted by Gasteiger charge is 2.16. The van der Waals surface area contributed by atoms with Crippen molar-refractivity contribution in [1.29, 1.82) is 0 Å². The van der Waals surface area contributed by atoms with Gasteiger partial charge in [-0.1, -0.05) is 0 Å². The monoisotopic (exact) mass is 830 g/mol. The summed E-state index contributed by atoms with van der Waals surface area (Å²) >= 11 is 0. The van der Waals surface area contributed by atoms with Gasteiger partial charge in [-0.05, 0) is 6.92 Å². The van der Waals surface area contributed by atoms with Crippen LogP contribution < -0.4 is 0 Å². The van der Waals surface area contributed by atoms with E-state index in [1.165, 1.54) is 0 Å². The normalized spacial score (nSPS) is 20.3. The van der Waals surface area contributed by atoms with Gasteiger partial charge in [0, 0.05) is 26.2 Å². The van der Waals surface area contributed by atoms with Gasteiger partial charge in [0.25, 0.3) is 0 Å². The van der Waals surface area contributed by atoms with Gasteiger partial charge in [-0.25, -0.2) is 9.59 Å². The van der Waals surface area contributed by atoms with Crippen molar-refractivity contribution in [3.05, 3.63) is 0 Å². The number of carbonyl (C=O) groups excluding carboxylic acids is 2. The van der Waals surface area contributed by atoms with Crippen molar-refractivity contribution in [2.45, 2.75) is 13.0 Å². The van der Waals surface area contributed by atoms with E-state index in [0.29, 0.717) is 191 Å². The molecule has 57 heavy (non-hydrogen) atoms. The molecule has 2 saturated heterocycles. The van der Waals surface area contributed by atoms with E-state index >= 15 is 0 Å². The van der Waals surface area contributed by atoms with Gasteiger partial charge in [-0.2, -0.15) is 0 Å². The summed E-state index contributed by atoms with van der Waals surface area (Å²) in [6.07, 6.45) is -1.09. The maximum absolute atomic E-state index is 12.7. The fourth-order valence-electron chi connectivity index (χ4n) is 4.74. The maximum Gasteiger partial charge on any atom is 0.409 e. The molecule has 2 rings (SSSR count). The molecule has 0 aromatic rings. The molecule has 0 aliphatic carbocycles. The molecule has 1 atom stereocenters. The van der Waals surface area contributed by atoms with Crippen LogP contribution in [0, 0.1) is 0 Å². The van der Waals surface area contributed by atoms with Crippen molar-refractivity contribution in [2.75, 3.05) is 218 Å². The Morgan fingerprint density at radius 1 is 0.386 bits per heavy atom. The molecular formula is C37H70N2O18. The molecule has 0 saturated carbocycles. The van der Waals surface area contributed by atoms with Crippen LogP contribution >= 0.6 is 0 Å². The van der Waals surface area contributed by atoms with Crippen molar-refractivity contribution >= 4 is 12.2 Å². The van der Waals surface area contributed by atoms with Crippen molar-refractivity contribution in [3.63, 3.8) is 0 Å². The number of hydrogen-bond acceptors (Lipinski definition) is 18. The molecule has 2 amide bonds. The Kier molecular flexibility index (Phi) is 35.4. The highest BCUT2D eigenvalue weighted by Crippen LogP contribution is 2.00. The predicted molar refractivity (Wildman–Crippen MR) is 202 cm³/mol. The lowest BCUT2D eigenvalue weighted by Crippen LogP contribution is -2.38. The van der Waals surface area contributed by atoms with Crippen LogP contribution in [0.1, 0.15) is 6.92 Å². The number of hydrogen-bond donors (Lipinski definition) is 0.